The van der Waals surface area contributed by atoms with Gasteiger partial charge in [0.2, 0.25) is 5.91 Å². The molecule has 0 aromatic heterocycles. The van der Waals surface area contributed by atoms with Crippen LogP contribution in [0.3, 0.4) is 0 Å². The Hall–Kier alpha value is -2.53. The molecule has 2 N–H and O–H groups in total. The predicted octanol–water partition coefficient (Wildman–Crippen LogP) is 2.69. The summed E-state index contributed by atoms with van der Waals surface area (Å²) in [6.45, 7) is 2.62. The maximum Gasteiger partial charge on any atom is 0.223 e. The molecule has 0 radical (unpaired) electrons. The SMILES string of the molecule is COc1cc2c(cc1OC)[C@H](CNC(=O)C1CCCC1)[NH+](Cc1ccccc1)CC2. The van der Waals surface area contributed by atoms with E-state index in [9.17, 15) is 4.79 Å². The smallest absolute Gasteiger partial charge is 0.223 e. The molecule has 2 aromatic carbocycles. The number of amides is 1. The lowest BCUT2D eigenvalue weighted by atomic mass is 9.91. The Morgan fingerprint density at radius 2 is 1.77 bits per heavy atom. The van der Waals surface area contributed by atoms with Crippen molar-refractivity contribution >= 4 is 5.91 Å². The maximum absolute atomic E-state index is 12.7. The molecule has 4 rings (SSSR count). The van der Waals surface area contributed by atoms with Crippen LogP contribution in [-0.2, 0) is 17.8 Å². The zero-order chi connectivity index (χ0) is 20.9. The zero-order valence-corrected chi connectivity index (χ0v) is 18.1. The molecule has 2 aliphatic rings. The number of benzene rings is 2. The standard InChI is InChI=1S/C25H32N2O3/c1-29-23-14-20-12-13-27(17-18-8-4-3-5-9-18)22(21(20)15-24(23)30-2)16-26-25(28)19-10-6-7-11-19/h3-5,8-9,14-15,19,22H,6-7,10-13,16-17H2,1-2H3,(H,26,28)/p+1/t22-/m0/s1. The Bertz CT molecular complexity index is 862. The highest BCUT2D eigenvalue weighted by atomic mass is 16.5. The van der Waals surface area contributed by atoms with Crippen molar-refractivity contribution in [2.24, 2.45) is 5.92 Å². The van der Waals surface area contributed by atoms with Crippen LogP contribution in [0.15, 0.2) is 42.5 Å². The van der Waals surface area contributed by atoms with Gasteiger partial charge in [0.25, 0.3) is 0 Å². The van der Waals surface area contributed by atoms with Gasteiger partial charge in [-0.3, -0.25) is 4.79 Å². The van der Waals surface area contributed by atoms with E-state index in [0.717, 1.165) is 43.9 Å². The van der Waals surface area contributed by atoms with Gasteiger partial charge in [-0.1, -0.05) is 43.2 Å². The summed E-state index contributed by atoms with van der Waals surface area (Å²) in [6, 6.07) is 15.0. The molecule has 1 saturated carbocycles. The van der Waals surface area contributed by atoms with Crippen LogP contribution in [-0.4, -0.2) is 33.2 Å². The van der Waals surface area contributed by atoms with E-state index in [4.69, 9.17) is 9.47 Å². The van der Waals surface area contributed by atoms with E-state index >= 15 is 0 Å². The topological polar surface area (TPSA) is 52.0 Å². The highest BCUT2D eigenvalue weighted by Gasteiger charge is 2.33. The molecule has 1 heterocycles. The molecular formula is C25H33N2O3+. The van der Waals surface area contributed by atoms with E-state index in [1.54, 1.807) is 14.2 Å². The van der Waals surface area contributed by atoms with Crippen LogP contribution in [0.2, 0.25) is 0 Å². The molecule has 30 heavy (non-hydrogen) atoms. The van der Waals surface area contributed by atoms with Gasteiger partial charge >= 0.3 is 0 Å². The Morgan fingerprint density at radius 3 is 2.47 bits per heavy atom. The van der Waals surface area contributed by atoms with Crippen LogP contribution >= 0.6 is 0 Å². The number of hydrogen-bond acceptors (Lipinski definition) is 3. The minimum Gasteiger partial charge on any atom is -0.493 e. The quantitative estimate of drug-likeness (QED) is 0.739. The first-order chi connectivity index (χ1) is 14.7. The summed E-state index contributed by atoms with van der Waals surface area (Å²) in [6.07, 6.45) is 5.39. The number of hydrogen-bond donors (Lipinski definition) is 2. The van der Waals surface area contributed by atoms with Gasteiger partial charge in [0.15, 0.2) is 11.5 Å². The molecule has 1 fully saturated rings. The third-order valence-corrected chi connectivity index (χ3v) is 6.71. The van der Waals surface area contributed by atoms with Gasteiger partial charge in [-0.05, 0) is 30.5 Å². The summed E-state index contributed by atoms with van der Waals surface area (Å²) in [5.74, 6) is 1.94. The van der Waals surface area contributed by atoms with Crippen molar-refractivity contribution in [1.82, 2.24) is 5.32 Å². The fraction of sp³-hybridized carbons (Fsp3) is 0.480. The van der Waals surface area contributed by atoms with Crippen LogP contribution in [0.4, 0.5) is 0 Å². The fourth-order valence-corrected chi connectivity index (χ4v) is 5.03. The highest BCUT2D eigenvalue weighted by molar-refractivity contribution is 5.78. The number of fused-ring (bicyclic) bond motifs is 1. The van der Waals surface area contributed by atoms with E-state index in [1.807, 2.05) is 0 Å². The summed E-state index contributed by atoms with van der Waals surface area (Å²) < 4.78 is 11.1. The van der Waals surface area contributed by atoms with Crippen molar-refractivity contribution in [3.63, 3.8) is 0 Å². The van der Waals surface area contributed by atoms with Gasteiger partial charge in [0, 0.05) is 23.5 Å². The van der Waals surface area contributed by atoms with E-state index in [0.29, 0.717) is 6.54 Å². The van der Waals surface area contributed by atoms with Gasteiger partial charge in [-0.2, -0.15) is 0 Å². The summed E-state index contributed by atoms with van der Waals surface area (Å²) >= 11 is 0. The van der Waals surface area contributed by atoms with Crippen molar-refractivity contribution < 1.29 is 19.2 Å². The van der Waals surface area contributed by atoms with Crippen LogP contribution in [0.1, 0.15) is 48.4 Å². The molecule has 5 heteroatoms. The second-order valence-electron chi connectivity index (χ2n) is 8.51. The van der Waals surface area contributed by atoms with E-state index in [2.05, 4.69) is 47.8 Å². The molecule has 0 saturated heterocycles. The molecule has 2 atom stereocenters. The second-order valence-corrected chi connectivity index (χ2v) is 8.51. The third kappa shape index (κ3) is 4.46. The summed E-state index contributed by atoms with van der Waals surface area (Å²) in [7, 11) is 3.36. The largest absolute Gasteiger partial charge is 0.493 e. The van der Waals surface area contributed by atoms with Crippen molar-refractivity contribution in [3.8, 4) is 11.5 Å². The first-order valence-electron chi connectivity index (χ1n) is 11.1. The Morgan fingerprint density at radius 1 is 1.07 bits per heavy atom. The van der Waals surface area contributed by atoms with Gasteiger partial charge in [0.1, 0.15) is 12.6 Å². The molecule has 160 valence electrons. The number of carbonyl (C=O) groups is 1. The Kier molecular flexibility index (Phi) is 6.58. The van der Waals surface area contributed by atoms with Crippen molar-refractivity contribution in [2.75, 3.05) is 27.3 Å². The Balaban J connectivity index is 1.59. The molecular weight excluding hydrogens is 376 g/mol. The van der Waals surface area contributed by atoms with Gasteiger partial charge in [-0.15, -0.1) is 0 Å². The fourth-order valence-electron chi connectivity index (χ4n) is 5.03. The first kappa shape index (κ1) is 20.7. The average Bonchev–Trinajstić information content (AvgIpc) is 3.33. The van der Waals surface area contributed by atoms with Crippen molar-refractivity contribution in [3.05, 3.63) is 59.2 Å². The molecule has 1 aliphatic heterocycles. The van der Waals surface area contributed by atoms with Crippen molar-refractivity contribution in [2.45, 2.75) is 44.7 Å². The number of ether oxygens (including phenoxy) is 2. The molecule has 1 aliphatic carbocycles. The van der Waals surface area contributed by atoms with E-state index < -0.39 is 0 Å². The number of methoxy groups -OCH3 is 2. The predicted molar refractivity (Wildman–Crippen MR) is 117 cm³/mol. The molecule has 1 unspecified atom stereocenters. The molecule has 0 bridgehead atoms. The highest BCUT2D eigenvalue weighted by Crippen LogP contribution is 2.34. The third-order valence-electron chi connectivity index (χ3n) is 6.71. The van der Waals surface area contributed by atoms with E-state index in [1.165, 1.54) is 34.4 Å². The molecule has 0 spiro atoms. The number of carbonyl (C=O) groups excluding carboxylic acids is 1. The summed E-state index contributed by atoms with van der Waals surface area (Å²) in [4.78, 5) is 14.2. The van der Waals surface area contributed by atoms with Crippen LogP contribution in [0.5, 0.6) is 11.5 Å². The lowest BCUT2D eigenvalue weighted by Crippen LogP contribution is -3.12. The summed E-state index contributed by atoms with van der Waals surface area (Å²) in [5, 5.41) is 3.29. The maximum atomic E-state index is 12.7. The number of quaternary nitrogens is 1. The van der Waals surface area contributed by atoms with Crippen molar-refractivity contribution in [1.29, 1.82) is 0 Å². The lowest BCUT2D eigenvalue weighted by Gasteiger charge is -2.35. The second kappa shape index (κ2) is 9.52. The van der Waals surface area contributed by atoms with Crippen LogP contribution < -0.4 is 19.7 Å². The Labute approximate surface area is 179 Å². The van der Waals surface area contributed by atoms with Gasteiger partial charge < -0.3 is 19.7 Å². The van der Waals surface area contributed by atoms with Gasteiger partial charge in [-0.25, -0.2) is 0 Å². The zero-order valence-electron chi connectivity index (χ0n) is 18.1. The lowest BCUT2D eigenvalue weighted by molar-refractivity contribution is -0.945. The summed E-state index contributed by atoms with van der Waals surface area (Å²) in [5.41, 5.74) is 3.88. The average molecular weight is 410 g/mol. The van der Waals surface area contributed by atoms with Gasteiger partial charge in [0.05, 0.1) is 27.3 Å². The minimum atomic E-state index is 0.191. The molecule has 2 aromatic rings. The normalized spacial score (nSPS) is 21.1. The van der Waals surface area contributed by atoms with E-state index in [-0.39, 0.29) is 17.9 Å². The minimum absolute atomic E-state index is 0.191. The monoisotopic (exact) mass is 409 g/mol. The number of rotatable bonds is 7. The number of nitrogens with one attached hydrogen (secondary N) is 2. The molecule has 5 nitrogen and oxygen atoms in total. The molecule has 1 amide bonds. The first-order valence-corrected chi connectivity index (χ1v) is 11.1. The van der Waals surface area contributed by atoms with Crippen LogP contribution in [0.25, 0.3) is 0 Å². The van der Waals surface area contributed by atoms with Crippen LogP contribution in [0, 0.1) is 5.92 Å².